The number of likely N-dealkylation sites (N-methyl/N-ethyl adjacent to an activating group) is 1. The Bertz CT molecular complexity index is 1550. The summed E-state index contributed by atoms with van der Waals surface area (Å²) in [6.45, 7) is 17.3. The lowest BCUT2D eigenvalue weighted by Crippen LogP contribution is -2.61. The second-order valence-corrected chi connectivity index (χ2v) is 18.6. The van der Waals surface area contributed by atoms with E-state index >= 15 is 0 Å². The molecule has 0 spiro atoms. The maximum atomic E-state index is 14.4. The number of rotatable bonds is 12. The van der Waals surface area contributed by atoms with Gasteiger partial charge >= 0.3 is 5.97 Å². The van der Waals surface area contributed by atoms with Crippen LogP contribution in [-0.4, -0.2) is 161 Å². The molecule has 4 rings (SSSR count). The largest absolute Gasteiger partial charge is 0.490 e. The number of carbonyl (C=O) groups is 1. The van der Waals surface area contributed by atoms with Gasteiger partial charge in [-0.1, -0.05) is 51.0 Å². The fourth-order valence-corrected chi connectivity index (χ4v) is 9.43. The Morgan fingerprint density at radius 2 is 1.54 bits per heavy atom. The van der Waals surface area contributed by atoms with Gasteiger partial charge in [0.15, 0.2) is 19.2 Å². The topological polar surface area (TPSA) is 208 Å². The van der Waals surface area contributed by atoms with Crippen LogP contribution in [0.3, 0.4) is 0 Å². The summed E-state index contributed by atoms with van der Waals surface area (Å²) in [4.78, 5) is 22.1. The first kappa shape index (κ1) is 51.2. The predicted octanol–water partition coefficient (Wildman–Crippen LogP) is 3.67. The van der Waals surface area contributed by atoms with Crippen molar-refractivity contribution in [1.29, 1.82) is 0 Å². The Balaban J connectivity index is 1.82. The smallest absolute Gasteiger partial charge is 0.311 e. The number of ether oxygens (including phenoxy) is 7. The summed E-state index contributed by atoms with van der Waals surface area (Å²) in [5.41, 5.74) is -4.46. The van der Waals surface area contributed by atoms with Gasteiger partial charge in [-0.15, -0.1) is 0 Å². The van der Waals surface area contributed by atoms with E-state index in [2.05, 4.69) is 5.16 Å². The number of hydrogen-bond donors (Lipinski definition) is 5. The van der Waals surface area contributed by atoms with Gasteiger partial charge in [0.05, 0.1) is 53.4 Å². The molecule has 0 aliphatic carbocycles. The Hall–Kier alpha value is -2.48. The summed E-state index contributed by atoms with van der Waals surface area (Å²) >= 11 is 0. The van der Waals surface area contributed by atoms with E-state index in [4.69, 9.17) is 38.0 Å². The molecule has 3 fully saturated rings. The zero-order valence-corrected chi connectivity index (χ0v) is 38.6. The van der Waals surface area contributed by atoms with Crippen LogP contribution in [0.4, 0.5) is 0 Å². The zero-order chi connectivity index (χ0) is 45.6. The van der Waals surface area contributed by atoms with Crippen LogP contribution in [0.25, 0.3) is 0 Å². The van der Waals surface area contributed by atoms with Crippen molar-refractivity contribution in [3.05, 3.63) is 30.3 Å². The van der Waals surface area contributed by atoms with Gasteiger partial charge in [-0.05, 0) is 87.0 Å². The third-order valence-corrected chi connectivity index (χ3v) is 13.2. The summed E-state index contributed by atoms with van der Waals surface area (Å²) in [5, 5.41) is 64.0. The van der Waals surface area contributed by atoms with Gasteiger partial charge in [0.1, 0.15) is 36.3 Å². The summed E-state index contributed by atoms with van der Waals surface area (Å²) < 4.78 is 43.6. The number of aliphatic hydroxyl groups is 5. The van der Waals surface area contributed by atoms with Crippen molar-refractivity contribution in [2.75, 3.05) is 34.4 Å². The second kappa shape index (κ2) is 21.5. The highest BCUT2D eigenvalue weighted by Gasteiger charge is 2.53. The van der Waals surface area contributed by atoms with Gasteiger partial charge < -0.3 is 68.4 Å². The molecule has 350 valence electrons. The number of esters is 1. The number of aliphatic hydroxyl groups excluding tert-OH is 3. The van der Waals surface area contributed by atoms with E-state index < -0.39 is 102 Å². The van der Waals surface area contributed by atoms with Crippen molar-refractivity contribution in [2.24, 2.45) is 28.8 Å². The highest BCUT2D eigenvalue weighted by molar-refractivity contribution is 5.88. The summed E-state index contributed by atoms with van der Waals surface area (Å²) in [5.74, 6) is -3.46. The number of benzene rings is 1. The number of cyclic esters (lactones) is 1. The Morgan fingerprint density at radius 3 is 2.15 bits per heavy atom. The molecule has 0 saturated carbocycles. The van der Waals surface area contributed by atoms with Crippen molar-refractivity contribution in [1.82, 2.24) is 4.90 Å². The molecule has 61 heavy (non-hydrogen) atoms. The number of methoxy groups -OCH3 is 1. The van der Waals surface area contributed by atoms with Crippen LogP contribution < -0.4 is 4.74 Å². The molecule has 16 heteroatoms. The molecular weight excluding hydrogens is 792 g/mol. The van der Waals surface area contributed by atoms with Crippen molar-refractivity contribution < 1.29 is 68.3 Å². The van der Waals surface area contributed by atoms with Crippen LogP contribution in [0.1, 0.15) is 94.9 Å². The van der Waals surface area contributed by atoms with E-state index in [1.165, 1.54) is 14.0 Å². The molecule has 3 heterocycles. The van der Waals surface area contributed by atoms with Gasteiger partial charge in [0, 0.05) is 37.3 Å². The molecule has 1 aromatic carbocycles. The van der Waals surface area contributed by atoms with E-state index in [0.29, 0.717) is 17.9 Å². The number of hydrogen-bond acceptors (Lipinski definition) is 16. The van der Waals surface area contributed by atoms with Gasteiger partial charge in [0.25, 0.3) is 0 Å². The lowest BCUT2D eigenvalue weighted by molar-refractivity contribution is -0.317. The van der Waals surface area contributed by atoms with Crippen LogP contribution in [0.15, 0.2) is 35.5 Å². The Labute approximate surface area is 362 Å². The molecule has 0 amide bonds. The number of para-hydroxylation sites is 1. The first-order chi connectivity index (χ1) is 28.5. The van der Waals surface area contributed by atoms with Gasteiger partial charge in [0.2, 0.25) is 0 Å². The number of oxime groups is 1. The molecule has 16 nitrogen and oxygen atoms in total. The average molecular weight is 869 g/mol. The van der Waals surface area contributed by atoms with Gasteiger partial charge in [-0.2, -0.15) is 0 Å². The molecule has 3 saturated heterocycles. The lowest BCUT2D eigenvalue weighted by atomic mass is 9.73. The number of carbonyl (C=O) groups excluding carboxylic acids is 1. The minimum Gasteiger partial charge on any atom is -0.490 e. The van der Waals surface area contributed by atoms with E-state index in [9.17, 15) is 30.3 Å². The minimum atomic E-state index is -1.97. The van der Waals surface area contributed by atoms with Crippen LogP contribution in [0.5, 0.6) is 5.75 Å². The highest BCUT2D eigenvalue weighted by atomic mass is 16.7. The fourth-order valence-electron chi connectivity index (χ4n) is 9.43. The van der Waals surface area contributed by atoms with Crippen LogP contribution >= 0.6 is 0 Å². The molecule has 1 aromatic rings. The first-order valence-corrected chi connectivity index (χ1v) is 21.9. The summed E-state index contributed by atoms with van der Waals surface area (Å²) in [6.07, 6.45) is -9.47. The quantitative estimate of drug-likeness (QED) is 0.115. The monoisotopic (exact) mass is 869 g/mol. The maximum Gasteiger partial charge on any atom is 0.311 e. The molecule has 0 radical (unpaired) electrons. The molecule has 3 aliphatic heterocycles. The summed E-state index contributed by atoms with van der Waals surface area (Å²) in [7, 11) is 5.23. The second-order valence-electron chi connectivity index (χ2n) is 18.6. The zero-order valence-electron chi connectivity index (χ0n) is 38.6. The predicted molar refractivity (Wildman–Crippen MR) is 227 cm³/mol. The standard InChI is InChI=1S/C45H76N2O14/c1-14-33-45(10,53)38(49)27(4)35(46-56-21-20-55-31-18-16-15-17-19-31)25(2)23-43(8,52)40(61-42-36(48)32(47(11)12)22-26(3)57-42)28(5)37(29(6)41(51)59-33)60-34-24-44(9,54-13)39(50)30(7)58-34/h15-19,25-30,32-34,36-40,42,48-50,52-53H,14,20-24H2,1-13H3/b46-35+/t25-,26-,27+,28+,29-,30+,32+,33-,34?,36-,37+,38-,39+,40-,42+,43?,44-,45-/m1/s1. The minimum absolute atomic E-state index is 0.0208. The third-order valence-electron chi connectivity index (χ3n) is 13.2. The van der Waals surface area contributed by atoms with E-state index in [1.807, 2.05) is 63.2 Å². The molecule has 5 N–H and O–H groups in total. The average Bonchev–Trinajstić information content (AvgIpc) is 3.20. The van der Waals surface area contributed by atoms with E-state index in [0.717, 1.165) is 0 Å². The van der Waals surface area contributed by atoms with Crippen LogP contribution in [0, 0.1) is 23.7 Å². The van der Waals surface area contributed by atoms with Crippen molar-refractivity contribution in [3.63, 3.8) is 0 Å². The molecule has 3 aliphatic rings. The Kier molecular flexibility index (Phi) is 18.0. The summed E-state index contributed by atoms with van der Waals surface area (Å²) in [6, 6.07) is 8.92. The van der Waals surface area contributed by atoms with Gasteiger partial charge in [-0.25, -0.2) is 0 Å². The molecule has 0 aromatic heterocycles. The van der Waals surface area contributed by atoms with E-state index in [-0.39, 0.29) is 44.6 Å². The SMILES string of the molecule is CC[C@H]1OC(=O)[C@H](C)[C@@H](OC2C[C@@](C)(OC)[C@@H](O)[C@H](C)O2)[C@H](C)[C@@H](O[C@@H]2O[C@H](C)C[C@H](N(C)C)[C@H]2O)C(C)(O)C[C@@H](C)/C(=N\OCCOc2ccccc2)[C@H](C)[C@@H](O)[C@]1(C)O. The first-order valence-electron chi connectivity index (χ1n) is 21.9. The molecular formula is C45H76N2O14. The molecule has 18 atom stereocenters. The maximum absolute atomic E-state index is 14.4. The Morgan fingerprint density at radius 1 is 0.885 bits per heavy atom. The number of nitrogens with zero attached hydrogens (tertiary/aromatic N) is 2. The van der Waals surface area contributed by atoms with Crippen LogP contribution in [0.2, 0.25) is 0 Å². The normalized spacial score (nSPS) is 44.0. The lowest BCUT2D eigenvalue weighted by Gasteiger charge is -2.49. The van der Waals surface area contributed by atoms with Crippen LogP contribution in [-0.2, 0) is 38.1 Å². The van der Waals surface area contributed by atoms with Crippen molar-refractivity contribution in [2.45, 2.75) is 179 Å². The van der Waals surface area contributed by atoms with Gasteiger partial charge in [-0.3, -0.25) is 4.79 Å². The third kappa shape index (κ3) is 12.2. The highest BCUT2D eigenvalue weighted by Crippen LogP contribution is 2.41. The van der Waals surface area contributed by atoms with Crippen molar-refractivity contribution in [3.8, 4) is 5.75 Å². The van der Waals surface area contributed by atoms with E-state index in [1.54, 1.807) is 48.5 Å². The molecule has 2 unspecified atom stereocenters. The van der Waals surface area contributed by atoms with Crippen molar-refractivity contribution >= 4 is 11.7 Å². The fraction of sp³-hybridized carbons (Fsp3) is 0.822. The molecule has 0 bridgehead atoms.